The number of piperazine rings is 1. The highest BCUT2D eigenvalue weighted by atomic mass is 35.5. The molecular weight excluding hydrogens is 246 g/mol. The third kappa shape index (κ3) is 5.23. The van der Waals surface area contributed by atoms with Gasteiger partial charge in [-0.05, 0) is 32.4 Å². The van der Waals surface area contributed by atoms with Crippen LogP contribution in [0.15, 0.2) is 0 Å². The molecule has 0 bridgehead atoms. The Bertz CT molecular complexity index is 296. The third-order valence-corrected chi connectivity index (χ3v) is 2.42. The van der Waals surface area contributed by atoms with Crippen LogP contribution in [0.3, 0.4) is 0 Å². The number of nitrogens with zero attached hydrogens (tertiary/aromatic N) is 2. The predicted octanol–water partition coefficient (Wildman–Crippen LogP) is 1.40. The summed E-state index contributed by atoms with van der Waals surface area (Å²) in [5.41, 5.74) is 2.11. The van der Waals surface area contributed by atoms with E-state index in [1.54, 1.807) is 25.8 Å². The molecule has 0 aromatic heterocycles. The first-order valence-electron chi connectivity index (χ1n) is 5.47. The van der Waals surface area contributed by atoms with Crippen molar-refractivity contribution in [2.45, 2.75) is 26.4 Å². The van der Waals surface area contributed by atoms with Gasteiger partial charge in [-0.3, -0.25) is 10.2 Å². The molecule has 1 heterocycles. The molecule has 1 N–H and O–H groups in total. The summed E-state index contributed by atoms with van der Waals surface area (Å²) in [7, 11) is 0. The first-order chi connectivity index (χ1) is 7.78. The Balaban J connectivity index is 2.31. The number of halogens is 1. The quantitative estimate of drug-likeness (QED) is 0.574. The van der Waals surface area contributed by atoms with Gasteiger partial charge in [0.2, 0.25) is 0 Å². The van der Waals surface area contributed by atoms with Crippen LogP contribution >= 0.6 is 11.6 Å². The van der Waals surface area contributed by atoms with Gasteiger partial charge in [0, 0.05) is 26.2 Å². The summed E-state index contributed by atoms with van der Waals surface area (Å²) in [6.07, 6.45) is -0.483. The average Bonchev–Trinajstić information content (AvgIpc) is 2.15. The van der Waals surface area contributed by atoms with Crippen LogP contribution in [-0.2, 0) is 4.74 Å². The summed E-state index contributed by atoms with van der Waals surface area (Å²) in [5.74, 6) is 0. The van der Waals surface area contributed by atoms with Crippen LogP contribution in [0, 0.1) is 0 Å². The van der Waals surface area contributed by atoms with Gasteiger partial charge in [-0.15, -0.1) is 0 Å². The van der Waals surface area contributed by atoms with Crippen molar-refractivity contribution < 1.29 is 14.3 Å². The smallest absolute Gasteiger partial charge is 0.422 e. The Hall–Kier alpha value is -1.01. The van der Waals surface area contributed by atoms with Crippen molar-refractivity contribution in [3.05, 3.63) is 0 Å². The summed E-state index contributed by atoms with van der Waals surface area (Å²) in [5, 5.41) is 1.26. The zero-order valence-electron chi connectivity index (χ0n) is 10.3. The topological polar surface area (TPSA) is 61.9 Å². The zero-order chi connectivity index (χ0) is 13.1. The minimum atomic E-state index is -0.516. The fourth-order valence-corrected chi connectivity index (χ4v) is 1.59. The van der Waals surface area contributed by atoms with Crippen molar-refractivity contribution in [1.82, 2.24) is 15.3 Å². The van der Waals surface area contributed by atoms with Crippen LogP contribution in [0.25, 0.3) is 0 Å². The van der Waals surface area contributed by atoms with Crippen molar-refractivity contribution in [3.63, 3.8) is 0 Å². The lowest BCUT2D eigenvalue weighted by Gasteiger charge is -2.33. The first-order valence-corrected chi connectivity index (χ1v) is 5.85. The van der Waals surface area contributed by atoms with Gasteiger partial charge in [0.05, 0.1) is 0 Å². The molecule has 1 fully saturated rings. The van der Waals surface area contributed by atoms with E-state index in [0.29, 0.717) is 26.2 Å². The third-order valence-electron chi connectivity index (χ3n) is 2.18. The van der Waals surface area contributed by atoms with Gasteiger partial charge >= 0.3 is 11.5 Å². The van der Waals surface area contributed by atoms with Crippen LogP contribution < -0.4 is 5.43 Å². The van der Waals surface area contributed by atoms with Gasteiger partial charge in [-0.1, -0.05) is 0 Å². The minimum absolute atomic E-state index is 0.457. The predicted molar refractivity (Wildman–Crippen MR) is 63.8 cm³/mol. The molecule has 0 aliphatic carbocycles. The lowest BCUT2D eigenvalue weighted by atomic mass is 10.2. The summed E-state index contributed by atoms with van der Waals surface area (Å²) in [6.45, 7) is 7.48. The van der Waals surface area contributed by atoms with Gasteiger partial charge in [0.25, 0.3) is 0 Å². The summed E-state index contributed by atoms with van der Waals surface area (Å²) in [6, 6.07) is 0. The molecule has 0 spiro atoms. The molecule has 2 amide bonds. The Labute approximate surface area is 106 Å². The first kappa shape index (κ1) is 14.1. The molecule has 98 valence electrons. The molecule has 1 aliphatic heterocycles. The maximum Gasteiger partial charge on any atom is 0.422 e. The number of hydrogen-bond donors (Lipinski definition) is 1. The highest BCUT2D eigenvalue weighted by Crippen LogP contribution is 2.07. The van der Waals surface area contributed by atoms with E-state index < -0.39 is 17.1 Å². The number of amides is 2. The summed E-state index contributed by atoms with van der Waals surface area (Å²) in [4.78, 5) is 23.9. The average molecular weight is 264 g/mol. The monoisotopic (exact) mass is 263 g/mol. The van der Waals surface area contributed by atoms with E-state index in [1.165, 1.54) is 4.90 Å². The van der Waals surface area contributed by atoms with Crippen LogP contribution in [0.2, 0.25) is 0 Å². The second kappa shape index (κ2) is 5.55. The molecule has 6 nitrogen and oxygen atoms in total. The normalized spacial score (nSPS) is 17.8. The Kier molecular flexibility index (Phi) is 4.59. The van der Waals surface area contributed by atoms with Gasteiger partial charge in [0.15, 0.2) is 0 Å². The van der Waals surface area contributed by atoms with Crippen molar-refractivity contribution >= 4 is 23.1 Å². The van der Waals surface area contributed by atoms with Crippen molar-refractivity contribution in [2.75, 3.05) is 26.2 Å². The van der Waals surface area contributed by atoms with Crippen molar-refractivity contribution in [1.29, 1.82) is 0 Å². The van der Waals surface area contributed by atoms with Crippen molar-refractivity contribution in [2.24, 2.45) is 0 Å². The summed E-state index contributed by atoms with van der Waals surface area (Å²) >= 11 is 5.35. The van der Waals surface area contributed by atoms with Crippen LogP contribution in [-0.4, -0.2) is 53.1 Å². The van der Waals surface area contributed by atoms with E-state index in [9.17, 15) is 9.59 Å². The fourth-order valence-electron chi connectivity index (χ4n) is 1.42. The van der Waals surface area contributed by atoms with Gasteiger partial charge < -0.3 is 9.64 Å². The second-order valence-electron chi connectivity index (χ2n) is 4.84. The van der Waals surface area contributed by atoms with E-state index in [1.807, 2.05) is 0 Å². The largest absolute Gasteiger partial charge is 0.443 e. The highest BCUT2D eigenvalue weighted by molar-refractivity contribution is 6.62. The molecule has 0 atom stereocenters. The number of carbonyl (C=O) groups excluding carboxylic acids is 2. The molecule has 1 rings (SSSR count). The fraction of sp³-hybridized carbons (Fsp3) is 0.800. The number of hydrazine groups is 1. The molecular formula is C10H18ClN3O3. The molecule has 1 aliphatic rings. The van der Waals surface area contributed by atoms with Gasteiger partial charge in [-0.2, -0.15) is 0 Å². The number of nitrogens with one attached hydrogen (secondary N) is 1. The number of hydrogen-bond acceptors (Lipinski definition) is 4. The van der Waals surface area contributed by atoms with E-state index in [-0.39, 0.29) is 0 Å². The summed E-state index contributed by atoms with van der Waals surface area (Å²) < 4.78 is 5.12. The molecule has 7 heteroatoms. The van der Waals surface area contributed by atoms with Crippen LogP contribution in [0.5, 0.6) is 0 Å². The van der Waals surface area contributed by atoms with Crippen LogP contribution in [0.4, 0.5) is 9.59 Å². The maximum absolute atomic E-state index is 11.5. The zero-order valence-corrected chi connectivity index (χ0v) is 11.1. The molecule has 1 saturated heterocycles. The van der Waals surface area contributed by atoms with E-state index in [2.05, 4.69) is 5.43 Å². The molecule has 0 aromatic carbocycles. The molecule has 17 heavy (non-hydrogen) atoms. The van der Waals surface area contributed by atoms with Gasteiger partial charge in [0.1, 0.15) is 5.60 Å². The lowest BCUT2D eigenvalue weighted by Crippen LogP contribution is -2.54. The lowest BCUT2D eigenvalue weighted by molar-refractivity contribution is 0.0261. The van der Waals surface area contributed by atoms with Crippen molar-refractivity contribution in [3.8, 4) is 0 Å². The SMILES string of the molecule is CC(C)(C)OC(=O)NN1CCN(C(=O)Cl)CC1. The Morgan fingerprint density at radius 3 is 2.12 bits per heavy atom. The van der Waals surface area contributed by atoms with Gasteiger partial charge in [-0.25, -0.2) is 9.80 Å². The minimum Gasteiger partial charge on any atom is -0.443 e. The standard InChI is InChI=1S/C10H18ClN3O3/c1-10(2,3)17-9(16)12-14-6-4-13(5-7-14)8(11)15/h4-7H2,1-3H3,(H,12,16). The maximum atomic E-state index is 11.5. The van der Waals surface area contributed by atoms with E-state index >= 15 is 0 Å². The number of ether oxygens (including phenoxy) is 1. The molecule has 0 radical (unpaired) electrons. The molecule has 0 saturated carbocycles. The molecule has 0 unspecified atom stereocenters. The Morgan fingerprint density at radius 2 is 1.71 bits per heavy atom. The van der Waals surface area contributed by atoms with E-state index in [4.69, 9.17) is 16.3 Å². The van der Waals surface area contributed by atoms with Crippen LogP contribution in [0.1, 0.15) is 20.8 Å². The highest BCUT2D eigenvalue weighted by Gasteiger charge is 2.23. The Morgan fingerprint density at radius 1 is 1.18 bits per heavy atom. The van der Waals surface area contributed by atoms with E-state index in [0.717, 1.165) is 0 Å². The second-order valence-corrected chi connectivity index (χ2v) is 5.16. The molecule has 0 aromatic rings. The number of carbonyl (C=O) groups is 2. The number of rotatable bonds is 1.